The van der Waals surface area contributed by atoms with Crippen molar-refractivity contribution in [1.82, 2.24) is 4.57 Å². The van der Waals surface area contributed by atoms with E-state index in [0.717, 1.165) is 4.90 Å². The maximum Gasteiger partial charge on any atom is 0.282 e. The van der Waals surface area contributed by atoms with Gasteiger partial charge in [-0.3, -0.25) is 24.5 Å². The van der Waals surface area contributed by atoms with Gasteiger partial charge in [-0.05, 0) is 44.4 Å². The molecule has 1 heterocycles. The molecule has 7 heteroatoms. The molecule has 0 aliphatic rings. The Balaban J connectivity index is 2.64. The Morgan fingerprint density at radius 2 is 2.04 bits per heavy atom. The van der Waals surface area contributed by atoms with Crippen LogP contribution in [0.25, 0.3) is 0 Å². The van der Waals surface area contributed by atoms with E-state index in [4.69, 9.17) is 0 Å². The van der Waals surface area contributed by atoms with Crippen molar-refractivity contribution in [2.75, 3.05) is 6.26 Å². The van der Waals surface area contributed by atoms with Crippen molar-refractivity contribution in [2.24, 2.45) is 4.99 Å². The van der Waals surface area contributed by atoms with Gasteiger partial charge in [-0.25, -0.2) is 0 Å². The van der Waals surface area contributed by atoms with Crippen molar-refractivity contribution < 1.29 is 9.72 Å². The van der Waals surface area contributed by atoms with Gasteiger partial charge in [0.15, 0.2) is 0 Å². The molecule has 0 saturated carbocycles. The van der Waals surface area contributed by atoms with Crippen LogP contribution in [0.4, 0.5) is 5.69 Å². The summed E-state index contributed by atoms with van der Waals surface area (Å²) in [5.74, 6) is -0.465. The fourth-order valence-electron chi connectivity index (χ4n) is 2.08. The Labute approximate surface area is 138 Å². The summed E-state index contributed by atoms with van der Waals surface area (Å²) in [7, 11) is 0. The van der Waals surface area contributed by atoms with E-state index in [-0.39, 0.29) is 17.3 Å². The van der Waals surface area contributed by atoms with Gasteiger partial charge in [-0.1, -0.05) is 6.07 Å². The predicted molar refractivity (Wildman–Crippen MR) is 89.7 cm³/mol. The first-order valence-electron chi connectivity index (χ1n) is 7.02. The number of rotatable bonds is 4. The predicted octanol–water partition coefficient (Wildman–Crippen LogP) is 3.12. The molecule has 120 valence electrons. The zero-order valence-corrected chi connectivity index (χ0v) is 13.9. The fraction of sp³-hybridized carbons (Fsp3) is 0.250. The molecule has 0 amide bonds. The van der Waals surface area contributed by atoms with Crippen LogP contribution in [0.2, 0.25) is 0 Å². The molecule has 0 saturated heterocycles. The Morgan fingerprint density at radius 3 is 2.65 bits per heavy atom. The van der Waals surface area contributed by atoms with Gasteiger partial charge in [0, 0.05) is 23.2 Å². The van der Waals surface area contributed by atoms with Crippen LogP contribution >= 0.6 is 11.8 Å². The van der Waals surface area contributed by atoms with Crippen LogP contribution in [0, 0.1) is 10.1 Å². The molecule has 23 heavy (non-hydrogen) atoms. The van der Waals surface area contributed by atoms with Gasteiger partial charge in [-0.15, -0.1) is 11.8 Å². The quantitative estimate of drug-likeness (QED) is 0.490. The number of carbonyl (C=O) groups excluding carboxylic acids is 1. The third kappa shape index (κ3) is 3.87. The minimum atomic E-state index is -0.542. The average Bonchev–Trinajstić information content (AvgIpc) is 2.53. The second-order valence-electron chi connectivity index (χ2n) is 5.10. The third-order valence-electron chi connectivity index (χ3n) is 3.08. The molecule has 0 unspecified atom stereocenters. The van der Waals surface area contributed by atoms with Crippen LogP contribution in [0.3, 0.4) is 0 Å². The molecule has 0 aliphatic heterocycles. The molecule has 1 aromatic heterocycles. The van der Waals surface area contributed by atoms with Crippen molar-refractivity contribution in [3.63, 3.8) is 0 Å². The molecule has 0 N–H and O–H groups in total. The maximum absolute atomic E-state index is 12.8. The molecular formula is C16H17N3O3S. The van der Waals surface area contributed by atoms with Crippen LogP contribution in [0.15, 0.2) is 52.5 Å². The Hall–Kier alpha value is -2.41. The van der Waals surface area contributed by atoms with E-state index in [0.29, 0.717) is 5.49 Å². The molecule has 0 bridgehead atoms. The Morgan fingerprint density at radius 1 is 1.30 bits per heavy atom. The number of pyridine rings is 1. The molecule has 0 atom stereocenters. The lowest BCUT2D eigenvalue weighted by molar-refractivity contribution is -0.385. The van der Waals surface area contributed by atoms with E-state index in [1.54, 1.807) is 36.5 Å². The molecule has 0 aliphatic carbocycles. The SMILES string of the molecule is CSc1ccc([N+](=O)[O-])c(C(=O)n2ccccc2=NC(C)C)c1. The second kappa shape index (κ2) is 7.23. The van der Waals surface area contributed by atoms with Crippen molar-refractivity contribution >= 4 is 23.4 Å². The highest BCUT2D eigenvalue weighted by Gasteiger charge is 2.22. The van der Waals surface area contributed by atoms with Crippen LogP contribution in [-0.2, 0) is 0 Å². The molecule has 2 rings (SSSR count). The highest BCUT2D eigenvalue weighted by molar-refractivity contribution is 7.98. The molecule has 1 aromatic carbocycles. The van der Waals surface area contributed by atoms with E-state index in [2.05, 4.69) is 4.99 Å². The van der Waals surface area contributed by atoms with Crippen LogP contribution < -0.4 is 5.49 Å². The summed E-state index contributed by atoms with van der Waals surface area (Å²) < 4.78 is 1.34. The zero-order valence-electron chi connectivity index (χ0n) is 13.1. The van der Waals surface area contributed by atoms with E-state index in [1.165, 1.54) is 22.4 Å². The zero-order chi connectivity index (χ0) is 17.0. The number of hydrogen-bond acceptors (Lipinski definition) is 5. The lowest BCUT2D eigenvalue weighted by Gasteiger charge is -2.08. The topological polar surface area (TPSA) is 77.5 Å². The minimum absolute atomic E-state index is 0.00367. The average molecular weight is 331 g/mol. The number of aromatic nitrogens is 1. The van der Waals surface area contributed by atoms with Crippen LogP contribution in [0.1, 0.15) is 24.2 Å². The first kappa shape index (κ1) is 17.0. The monoisotopic (exact) mass is 331 g/mol. The van der Waals surface area contributed by atoms with Gasteiger partial charge in [-0.2, -0.15) is 0 Å². The molecule has 0 fully saturated rings. The van der Waals surface area contributed by atoms with Crippen molar-refractivity contribution in [3.05, 3.63) is 63.8 Å². The minimum Gasteiger partial charge on any atom is -0.268 e. The number of hydrogen-bond donors (Lipinski definition) is 0. The first-order chi connectivity index (χ1) is 10.9. The van der Waals surface area contributed by atoms with Crippen LogP contribution in [0.5, 0.6) is 0 Å². The summed E-state index contributed by atoms with van der Waals surface area (Å²) in [5.41, 5.74) is 0.314. The number of benzene rings is 1. The summed E-state index contributed by atoms with van der Waals surface area (Å²) in [6.07, 6.45) is 3.42. The number of nitro groups is 1. The third-order valence-corrected chi connectivity index (χ3v) is 3.80. The highest BCUT2D eigenvalue weighted by Crippen LogP contribution is 2.25. The van der Waals surface area contributed by atoms with Gasteiger partial charge in [0.2, 0.25) is 0 Å². The standard InChI is InChI=1S/C16H17N3O3S/c1-11(2)17-15-6-4-5-9-18(15)16(20)13-10-12(23-3)7-8-14(13)19(21)22/h4-11H,1-3H3. The van der Waals surface area contributed by atoms with Crippen molar-refractivity contribution in [2.45, 2.75) is 24.8 Å². The lowest BCUT2D eigenvalue weighted by atomic mass is 10.1. The number of nitro benzene ring substituents is 1. The number of carbonyl (C=O) groups is 1. The highest BCUT2D eigenvalue weighted by atomic mass is 32.2. The largest absolute Gasteiger partial charge is 0.282 e. The molecule has 0 spiro atoms. The van der Waals surface area contributed by atoms with Gasteiger partial charge >= 0.3 is 0 Å². The molecular weight excluding hydrogens is 314 g/mol. The lowest BCUT2D eigenvalue weighted by Crippen LogP contribution is -2.28. The van der Waals surface area contributed by atoms with Gasteiger partial charge < -0.3 is 0 Å². The molecule has 6 nitrogen and oxygen atoms in total. The van der Waals surface area contributed by atoms with Crippen molar-refractivity contribution in [1.29, 1.82) is 0 Å². The summed E-state index contributed by atoms with van der Waals surface area (Å²) >= 11 is 1.42. The smallest absolute Gasteiger partial charge is 0.268 e. The molecule has 0 radical (unpaired) electrons. The van der Waals surface area contributed by atoms with Gasteiger partial charge in [0.25, 0.3) is 11.6 Å². The maximum atomic E-state index is 12.8. The Bertz CT molecular complexity index is 812. The Kier molecular flexibility index (Phi) is 5.33. The summed E-state index contributed by atoms with van der Waals surface area (Å²) in [4.78, 5) is 28.7. The van der Waals surface area contributed by atoms with Gasteiger partial charge in [0.05, 0.1) is 4.92 Å². The van der Waals surface area contributed by atoms with E-state index in [1.807, 2.05) is 20.1 Å². The first-order valence-corrected chi connectivity index (χ1v) is 8.25. The number of thioether (sulfide) groups is 1. The van der Waals surface area contributed by atoms with E-state index >= 15 is 0 Å². The summed E-state index contributed by atoms with van der Waals surface area (Å²) in [6.45, 7) is 3.80. The summed E-state index contributed by atoms with van der Waals surface area (Å²) in [6, 6.07) is 9.73. The van der Waals surface area contributed by atoms with Crippen LogP contribution in [-0.4, -0.2) is 27.7 Å². The second-order valence-corrected chi connectivity index (χ2v) is 5.98. The fourth-order valence-corrected chi connectivity index (χ4v) is 2.52. The van der Waals surface area contributed by atoms with Crippen molar-refractivity contribution in [3.8, 4) is 0 Å². The molecule has 2 aromatic rings. The van der Waals surface area contributed by atoms with E-state index < -0.39 is 10.8 Å². The summed E-state index contributed by atoms with van der Waals surface area (Å²) in [5, 5.41) is 11.2. The van der Waals surface area contributed by atoms with E-state index in [9.17, 15) is 14.9 Å². The number of nitrogens with zero attached hydrogens (tertiary/aromatic N) is 3. The normalized spacial score (nSPS) is 11.7. The van der Waals surface area contributed by atoms with Gasteiger partial charge in [0.1, 0.15) is 11.1 Å².